The number of nitrogens with two attached hydrogens (primary N) is 2. The molecule has 1 saturated heterocycles. The van der Waals surface area contributed by atoms with Crippen molar-refractivity contribution in [2.75, 3.05) is 6.54 Å². The summed E-state index contributed by atoms with van der Waals surface area (Å²) in [5.74, 6) is 0.972. The van der Waals surface area contributed by atoms with Crippen LogP contribution < -0.4 is 11.5 Å². The minimum absolute atomic E-state index is 0.0727. The van der Waals surface area contributed by atoms with E-state index in [9.17, 15) is 4.79 Å². The van der Waals surface area contributed by atoms with Crippen molar-refractivity contribution in [2.45, 2.75) is 78.9 Å². The van der Waals surface area contributed by atoms with Crippen molar-refractivity contribution in [3.8, 4) is 0 Å². The molecule has 6 heteroatoms. The zero-order valence-electron chi connectivity index (χ0n) is 14.7. The Bertz CT molecular complexity index is 541. The van der Waals surface area contributed by atoms with E-state index in [1.54, 1.807) is 0 Å². The quantitative estimate of drug-likeness (QED) is 0.577. The summed E-state index contributed by atoms with van der Waals surface area (Å²) >= 11 is 8.61. The lowest BCUT2D eigenvalue weighted by molar-refractivity contribution is -0.134. The highest BCUT2D eigenvalue weighted by Gasteiger charge is 2.50. The Morgan fingerprint density at radius 3 is 2.64 bits per heavy atom. The SMILES string of the molecule is NCC1CC(N(C(=O)C2SC3CCC=CC3C2Cl)C2CC2)CCC1N. The molecule has 2 saturated carbocycles. The number of halogens is 1. The largest absolute Gasteiger partial charge is 0.336 e. The van der Waals surface area contributed by atoms with Crippen LogP contribution in [0.2, 0.25) is 0 Å². The van der Waals surface area contributed by atoms with Gasteiger partial charge in [-0.3, -0.25) is 4.79 Å². The summed E-state index contributed by atoms with van der Waals surface area (Å²) < 4.78 is 0. The maximum Gasteiger partial charge on any atom is 0.237 e. The lowest BCUT2D eigenvalue weighted by atomic mass is 9.81. The third-order valence-electron chi connectivity index (χ3n) is 6.53. The molecule has 7 atom stereocenters. The predicted octanol–water partition coefficient (Wildman–Crippen LogP) is 2.49. The number of nitrogens with zero attached hydrogens (tertiary/aromatic N) is 1. The first-order valence-corrected chi connectivity index (χ1v) is 11.2. The third kappa shape index (κ3) is 3.50. The highest BCUT2D eigenvalue weighted by atomic mass is 35.5. The molecular weight excluding hydrogens is 354 g/mol. The number of alkyl halides is 1. The van der Waals surface area contributed by atoms with Crippen molar-refractivity contribution in [3.05, 3.63) is 12.2 Å². The van der Waals surface area contributed by atoms with E-state index in [0.29, 0.717) is 35.7 Å². The fourth-order valence-corrected chi connectivity index (χ4v) is 7.20. The van der Waals surface area contributed by atoms with Crippen LogP contribution in [0, 0.1) is 11.8 Å². The Balaban J connectivity index is 1.49. The van der Waals surface area contributed by atoms with E-state index in [4.69, 9.17) is 23.1 Å². The van der Waals surface area contributed by atoms with Crippen molar-refractivity contribution < 1.29 is 4.79 Å². The molecule has 0 bridgehead atoms. The Morgan fingerprint density at radius 2 is 1.96 bits per heavy atom. The summed E-state index contributed by atoms with van der Waals surface area (Å²) in [6.07, 6.45) is 12.0. The molecule has 7 unspecified atom stereocenters. The second-order valence-electron chi connectivity index (χ2n) is 8.23. The number of amides is 1. The molecule has 0 spiro atoms. The van der Waals surface area contributed by atoms with E-state index >= 15 is 0 Å². The molecule has 0 aromatic carbocycles. The molecule has 25 heavy (non-hydrogen) atoms. The van der Waals surface area contributed by atoms with Gasteiger partial charge < -0.3 is 16.4 Å². The number of rotatable bonds is 4. The second kappa shape index (κ2) is 7.41. The summed E-state index contributed by atoms with van der Waals surface area (Å²) in [5.41, 5.74) is 12.2. The maximum atomic E-state index is 13.5. The summed E-state index contributed by atoms with van der Waals surface area (Å²) in [6, 6.07) is 0.913. The molecule has 1 aliphatic heterocycles. The van der Waals surface area contributed by atoms with Gasteiger partial charge in [-0.1, -0.05) is 12.2 Å². The van der Waals surface area contributed by atoms with E-state index in [0.717, 1.165) is 44.9 Å². The summed E-state index contributed by atoms with van der Waals surface area (Å²) in [7, 11) is 0. The van der Waals surface area contributed by atoms with Crippen LogP contribution in [0.15, 0.2) is 12.2 Å². The lowest BCUT2D eigenvalue weighted by Gasteiger charge is -2.41. The van der Waals surface area contributed by atoms with Gasteiger partial charge in [0, 0.05) is 29.3 Å². The molecule has 3 aliphatic carbocycles. The molecular formula is C19H30ClN3OS. The minimum Gasteiger partial charge on any atom is -0.336 e. The molecule has 0 aromatic rings. The smallest absolute Gasteiger partial charge is 0.237 e. The van der Waals surface area contributed by atoms with Crippen LogP contribution in [0.1, 0.15) is 44.9 Å². The van der Waals surface area contributed by atoms with Gasteiger partial charge in [0.2, 0.25) is 5.91 Å². The minimum atomic E-state index is -0.0908. The van der Waals surface area contributed by atoms with Gasteiger partial charge in [0.05, 0.1) is 5.38 Å². The Labute approximate surface area is 160 Å². The highest BCUT2D eigenvalue weighted by molar-refractivity contribution is 8.01. The monoisotopic (exact) mass is 383 g/mol. The van der Waals surface area contributed by atoms with Gasteiger partial charge in [0.15, 0.2) is 0 Å². The predicted molar refractivity (Wildman–Crippen MR) is 105 cm³/mol. The Morgan fingerprint density at radius 1 is 1.20 bits per heavy atom. The van der Waals surface area contributed by atoms with Crippen LogP contribution in [0.3, 0.4) is 0 Å². The highest BCUT2D eigenvalue weighted by Crippen LogP contribution is 2.48. The second-order valence-corrected chi connectivity index (χ2v) is 10.1. The van der Waals surface area contributed by atoms with Crippen LogP contribution >= 0.6 is 23.4 Å². The molecule has 0 aromatic heterocycles. The van der Waals surface area contributed by atoms with Crippen LogP contribution in [0.4, 0.5) is 0 Å². The average molecular weight is 384 g/mol. The van der Waals surface area contributed by atoms with E-state index in [1.807, 2.05) is 11.8 Å². The normalized spacial score (nSPS) is 43.7. The van der Waals surface area contributed by atoms with Gasteiger partial charge in [-0.05, 0) is 57.4 Å². The number of fused-ring (bicyclic) bond motifs is 1. The maximum absolute atomic E-state index is 13.5. The van der Waals surface area contributed by atoms with Gasteiger partial charge in [0.25, 0.3) is 0 Å². The number of hydrogen-bond acceptors (Lipinski definition) is 4. The fraction of sp³-hybridized carbons (Fsp3) is 0.842. The fourth-order valence-electron chi connectivity index (χ4n) is 4.90. The number of thioether (sulfide) groups is 1. The van der Waals surface area contributed by atoms with Crippen molar-refractivity contribution in [2.24, 2.45) is 23.3 Å². The summed E-state index contributed by atoms with van der Waals surface area (Å²) in [6.45, 7) is 0.621. The summed E-state index contributed by atoms with van der Waals surface area (Å²) in [4.78, 5) is 15.7. The lowest BCUT2D eigenvalue weighted by Crippen LogP contribution is -2.53. The zero-order chi connectivity index (χ0) is 17.6. The van der Waals surface area contributed by atoms with Crippen LogP contribution in [0.5, 0.6) is 0 Å². The Kier molecular flexibility index (Phi) is 5.38. The van der Waals surface area contributed by atoms with Crippen molar-refractivity contribution in [1.29, 1.82) is 0 Å². The molecule has 4 aliphatic rings. The van der Waals surface area contributed by atoms with Gasteiger partial charge in [-0.15, -0.1) is 23.4 Å². The van der Waals surface area contributed by atoms with Crippen molar-refractivity contribution in [3.63, 3.8) is 0 Å². The molecule has 140 valence electrons. The first kappa shape index (κ1) is 18.1. The topological polar surface area (TPSA) is 72.3 Å². The third-order valence-corrected chi connectivity index (χ3v) is 8.91. The number of carbonyl (C=O) groups excluding carboxylic acids is 1. The molecule has 4 N–H and O–H groups in total. The molecule has 0 radical (unpaired) electrons. The van der Waals surface area contributed by atoms with Gasteiger partial charge in [-0.2, -0.15) is 0 Å². The van der Waals surface area contributed by atoms with E-state index in [1.165, 1.54) is 0 Å². The van der Waals surface area contributed by atoms with E-state index in [-0.39, 0.29) is 22.6 Å². The van der Waals surface area contributed by atoms with Crippen LogP contribution in [-0.2, 0) is 4.79 Å². The first-order valence-electron chi connectivity index (χ1n) is 9.84. The number of allylic oxidation sites excluding steroid dienone is 2. The van der Waals surface area contributed by atoms with Gasteiger partial charge in [0.1, 0.15) is 5.25 Å². The van der Waals surface area contributed by atoms with Crippen LogP contribution in [0.25, 0.3) is 0 Å². The molecule has 4 rings (SSSR count). The van der Waals surface area contributed by atoms with E-state index in [2.05, 4.69) is 17.1 Å². The molecule has 4 nitrogen and oxygen atoms in total. The molecule has 1 amide bonds. The van der Waals surface area contributed by atoms with Crippen molar-refractivity contribution >= 4 is 29.3 Å². The standard InChI is InChI=1S/C19H30ClN3OS/c20-17-14-3-1-2-4-16(14)25-18(17)19(24)23(12-5-6-12)13-7-8-15(22)11(9-13)10-21/h1,3,11-18H,2,4-10,21-22H2. The first-order chi connectivity index (χ1) is 12.1. The summed E-state index contributed by atoms with van der Waals surface area (Å²) in [5, 5.41) is 0.350. The van der Waals surface area contributed by atoms with Gasteiger partial charge in [-0.25, -0.2) is 0 Å². The van der Waals surface area contributed by atoms with Gasteiger partial charge >= 0.3 is 0 Å². The zero-order valence-corrected chi connectivity index (χ0v) is 16.3. The van der Waals surface area contributed by atoms with E-state index < -0.39 is 0 Å². The van der Waals surface area contributed by atoms with Crippen molar-refractivity contribution in [1.82, 2.24) is 4.90 Å². The Hall–Kier alpha value is -0.230. The molecule has 3 fully saturated rings. The average Bonchev–Trinajstić information content (AvgIpc) is 3.40. The van der Waals surface area contributed by atoms with Crippen LogP contribution in [-0.4, -0.2) is 51.4 Å². The number of hydrogen-bond donors (Lipinski definition) is 2. The molecule has 1 heterocycles. The number of carbonyl (C=O) groups is 1.